The van der Waals surface area contributed by atoms with E-state index in [0.717, 1.165) is 22.6 Å². The number of hydrogen-bond acceptors (Lipinski definition) is 4. The van der Waals surface area contributed by atoms with Crippen molar-refractivity contribution in [1.82, 2.24) is 15.5 Å². The molecule has 1 aromatic heterocycles. The average molecular weight is 266 g/mol. The number of benzene rings is 1. The van der Waals surface area contributed by atoms with Gasteiger partial charge in [0, 0.05) is 10.6 Å². The predicted octanol–water partition coefficient (Wildman–Crippen LogP) is 3.37. The van der Waals surface area contributed by atoms with Crippen LogP contribution in [0.4, 0.5) is 0 Å². The molecule has 1 heterocycles. The molecule has 4 nitrogen and oxygen atoms in total. The molecule has 0 radical (unpaired) electrons. The van der Waals surface area contributed by atoms with Crippen molar-refractivity contribution in [1.29, 1.82) is 0 Å². The Kier molecular flexibility index (Phi) is 3.99. The topological polar surface area (TPSA) is 51.0 Å². The zero-order valence-electron chi connectivity index (χ0n) is 10.7. The number of nitrogens with one attached hydrogen (secondary N) is 1. The average Bonchev–Trinajstić information content (AvgIpc) is 2.84. The third kappa shape index (κ3) is 2.54. The fourth-order valence-corrected chi connectivity index (χ4v) is 1.89. The van der Waals surface area contributed by atoms with Crippen LogP contribution in [0.5, 0.6) is 0 Å². The SMILES string of the molecule is CCC(NC)c1nnc(-c2ccc(Cl)c(C)c2)o1. The third-order valence-electron chi connectivity index (χ3n) is 2.90. The maximum Gasteiger partial charge on any atom is 0.247 e. The van der Waals surface area contributed by atoms with Crippen molar-refractivity contribution in [3.05, 3.63) is 34.7 Å². The summed E-state index contributed by atoms with van der Waals surface area (Å²) in [5.41, 5.74) is 1.89. The highest BCUT2D eigenvalue weighted by Crippen LogP contribution is 2.25. The van der Waals surface area contributed by atoms with Crippen LogP contribution in [0.15, 0.2) is 22.6 Å². The molecule has 18 heavy (non-hydrogen) atoms. The summed E-state index contributed by atoms with van der Waals surface area (Å²) in [5.74, 6) is 1.14. The lowest BCUT2D eigenvalue weighted by Crippen LogP contribution is -2.15. The number of nitrogens with zero attached hydrogens (tertiary/aromatic N) is 2. The highest BCUT2D eigenvalue weighted by atomic mass is 35.5. The molecule has 0 aliphatic carbocycles. The quantitative estimate of drug-likeness (QED) is 0.921. The predicted molar refractivity (Wildman–Crippen MR) is 71.6 cm³/mol. The van der Waals surface area contributed by atoms with Crippen molar-refractivity contribution in [2.75, 3.05) is 7.05 Å². The molecule has 2 aromatic rings. The lowest BCUT2D eigenvalue weighted by Gasteiger charge is -2.07. The minimum absolute atomic E-state index is 0.0969. The number of aryl methyl sites for hydroxylation is 1. The molecule has 0 saturated carbocycles. The molecule has 1 atom stereocenters. The Morgan fingerprint density at radius 3 is 2.78 bits per heavy atom. The standard InChI is InChI=1S/C13H16ClN3O/c1-4-11(15-3)13-17-16-12(18-13)9-5-6-10(14)8(2)7-9/h5-7,11,15H,4H2,1-3H3. The van der Waals surface area contributed by atoms with Crippen LogP contribution in [0.1, 0.15) is 30.8 Å². The Morgan fingerprint density at radius 2 is 2.17 bits per heavy atom. The van der Waals surface area contributed by atoms with E-state index in [1.54, 1.807) is 0 Å². The fourth-order valence-electron chi connectivity index (χ4n) is 1.77. The number of rotatable bonds is 4. The van der Waals surface area contributed by atoms with Gasteiger partial charge < -0.3 is 9.73 Å². The molecular weight excluding hydrogens is 250 g/mol. The molecule has 1 N–H and O–H groups in total. The summed E-state index contributed by atoms with van der Waals surface area (Å²) in [5, 5.41) is 12.0. The molecule has 0 fully saturated rings. The molecule has 1 unspecified atom stereocenters. The monoisotopic (exact) mass is 265 g/mol. The Balaban J connectivity index is 2.31. The van der Waals surface area contributed by atoms with Gasteiger partial charge in [0.05, 0.1) is 6.04 Å². The van der Waals surface area contributed by atoms with E-state index < -0.39 is 0 Å². The third-order valence-corrected chi connectivity index (χ3v) is 3.32. The first-order valence-electron chi connectivity index (χ1n) is 5.93. The van der Waals surface area contributed by atoms with E-state index in [0.29, 0.717) is 11.8 Å². The van der Waals surface area contributed by atoms with Crippen LogP contribution in [0, 0.1) is 6.92 Å². The molecule has 0 bridgehead atoms. The first-order chi connectivity index (χ1) is 8.65. The minimum Gasteiger partial charge on any atom is -0.419 e. The summed E-state index contributed by atoms with van der Waals surface area (Å²) in [6, 6.07) is 5.76. The smallest absolute Gasteiger partial charge is 0.247 e. The van der Waals surface area contributed by atoms with Gasteiger partial charge in [-0.2, -0.15) is 0 Å². The van der Waals surface area contributed by atoms with Crippen LogP contribution in [0.3, 0.4) is 0 Å². The van der Waals surface area contributed by atoms with E-state index in [1.807, 2.05) is 32.2 Å². The van der Waals surface area contributed by atoms with E-state index in [4.69, 9.17) is 16.0 Å². The van der Waals surface area contributed by atoms with Crippen molar-refractivity contribution in [2.45, 2.75) is 26.3 Å². The van der Waals surface area contributed by atoms with Gasteiger partial charge in [0.15, 0.2) is 0 Å². The van der Waals surface area contributed by atoms with Gasteiger partial charge >= 0.3 is 0 Å². The van der Waals surface area contributed by atoms with Crippen LogP contribution < -0.4 is 5.32 Å². The van der Waals surface area contributed by atoms with Gasteiger partial charge in [-0.05, 0) is 44.2 Å². The van der Waals surface area contributed by atoms with Gasteiger partial charge in [0.1, 0.15) is 0 Å². The molecule has 0 aliphatic rings. The number of aromatic nitrogens is 2. The Morgan fingerprint density at radius 1 is 1.39 bits per heavy atom. The van der Waals surface area contributed by atoms with Gasteiger partial charge in [-0.1, -0.05) is 18.5 Å². The highest BCUT2D eigenvalue weighted by Gasteiger charge is 2.16. The fraction of sp³-hybridized carbons (Fsp3) is 0.385. The zero-order chi connectivity index (χ0) is 13.1. The molecule has 1 aromatic carbocycles. The van der Waals surface area contributed by atoms with Gasteiger partial charge in [0.25, 0.3) is 0 Å². The molecule has 0 saturated heterocycles. The van der Waals surface area contributed by atoms with Gasteiger partial charge in [0.2, 0.25) is 11.8 Å². The number of halogens is 1. The van der Waals surface area contributed by atoms with Crippen LogP contribution in [-0.4, -0.2) is 17.2 Å². The molecule has 0 amide bonds. The van der Waals surface area contributed by atoms with E-state index >= 15 is 0 Å². The summed E-state index contributed by atoms with van der Waals surface area (Å²) in [6.45, 7) is 4.02. The van der Waals surface area contributed by atoms with Crippen LogP contribution in [-0.2, 0) is 0 Å². The second-order valence-electron chi connectivity index (χ2n) is 4.16. The first kappa shape index (κ1) is 13.1. The summed E-state index contributed by atoms with van der Waals surface area (Å²) in [6.07, 6.45) is 0.901. The lowest BCUT2D eigenvalue weighted by atomic mass is 10.1. The van der Waals surface area contributed by atoms with Gasteiger partial charge in [-0.3, -0.25) is 0 Å². The van der Waals surface area contributed by atoms with Crippen LogP contribution >= 0.6 is 11.6 Å². The normalized spacial score (nSPS) is 12.7. The van der Waals surface area contributed by atoms with E-state index in [1.165, 1.54) is 0 Å². The summed E-state index contributed by atoms with van der Waals surface area (Å²) in [7, 11) is 1.88. The minimum atomic E-state index is 0.0969. The van der Waals surface area contributed by atoms with Crippen molar-refractivity contribution in [2.24, 2.45) is 0 Å². The second-order valence-corrected chi connectivity index (χ2v) is 4.57. The van der Waals surface area contributed by atoms with Crippen molar-refractivity contribution < 1.29 is 4.42 Å². The van der Waals surface area contributed by atoms with Crippen LogP contribution in [0.25, 0.3) is 11.5 Å². The van der Waals surface area contributed by atoms with Crippen molar-refractivity contribution >= 4 is 11.6 Å². The Bertz CT molecular complexity index is 535. The van der Waals surface area contributed by atoms with Gasteiger partial charge in [-0.15, -0.1) is 10.2 Å². The second kappa shape index (κ2) is 5.50. The Labute approximate surface area is 111 Å². The summed E-state index contributed by atoms with van der Waals surface area (Å²) in [4.78, 5) is 0. The lowest BCUT2D eigenvalue weighted by molar-refractivity contribution is 0.415. The van der Waals surface area contributed by atoms with Crippen molar-refractivity contribution in [3.8, 4) is 11.5 Å². The van der Waals surface area contributed by atoms with Crippen molar-refractivity contribution in [3.63, 3.8) is 0 Å². The Hall–Kier alpha value is -1.39. The molecular formula is C13H16ClN3O. The molecule has 0 spiro atoms. The molecule has 96 valence electrons. The number of hydrogen-bond donors (Lipinski definition) is 1. The summed E-state index contributed by atoms with van der Waals surface area (Å²) < 4.78 is 5.68. The van der Waals surface area contributed by atoms with E-state index in [2.05, 4.69) is 22.4 Å². The maximum absolute atomic E-state index is 5.99. The van der Waals surface area contributed by atoms with E-state index in [9.17, 15) is 0 Å². The zero-order valence-corrected chi connectivity index (χ0v) is 11.5. The molecule has 0 aliphatic heterocycles. The maximum atomic E-state index is 5.99. The largest absolute Gasteiger partial charge is 0.419 e. The van der Waals surface area contributed by atoms with Gasteiger partial charge in [-0.25, -0.2) is 0 Å². The van der Waals surface area contributed by atoms with E-state index in [-0.39, 0.29) is 6.04 Å². The summed E-state index contributed by atoms with van der Waals surface area (Å²) >= 11 is 5.99. The van der Waals surface area contributed by atoms with Crippen LogP contribution in [0.2, 0.25) is 5.02 Å². The highest BCUT2D eigenvalue weighted by molar-refractivity contribution is 6.31. The molecule has 5 heteroatoms. The first-order valence-corrected chi connectivity index (χ1v) is 6.30. The molecule has 2 rings (SSSR count).